The second kappa shape index (κ2) is 6.42. The minimum Gasteiger partial charge on any atom is -0.258 e. The first-order chi connectivity index (χ1) is 10.8. The van der Waals surface area contributed by atoms with Crippen molar-refractivity contribution in [2.75, 3.05) is 0 Å². The molecule has 2 atom stereocenters. The zero-order valence-electron chi connectivity index (χ0n) is 14.2. The lowest BCUT2D eigenvalue weighted by Crippen LogP contribution is -1.95. The summed E-state index contributed by atoms with van der Waals surface area (Å²) in [6, 6.07) is 6.67. The smallest absolute Gasteiger partial charge is 0.258 e. The minimum atomic E-state index is -0.377. The van der Waals surface area contributed by atoms with E-state index in [-0.39, 0.29) is 16.0 Å². The molecule has 1 aliphatic rings. The summed E-state index contributed by atoms with van der Waals surface area (Å²) in [6.45, 7) is 8.52. The van der Waals surface area contributed by atoms with Gasteiger partial charge in [-0.2, -0.15) is 0 Å². The summed E-state index contributed by atoms with van der Waals surface area (Å²) in [4.78, 5) is 10.6. The molecule has 120 valence electrons. The van der Waals surface area contributed by atoms with Crippen LogP contribution < -0.4 is 0 Å². The first-order valence-corrected chi connectivity index (χ1v) is 7.87. The van der Waals surface area contributed by atoms with Crippen LogP contribution in [0.3, 0.4) is 0 Å². The first-order valence-electron chi connectivity index (χ1n) is 7.87. The zero-order chi connectivity index (χ0) is 17.2. The average molecular weight is 309 g/mol. The zero-order valence-corrected chi connectivity index (χ0v) is 14.2. The Hall–Kier alpha value is -2.34. The number of nitro groups is 1. The highest BCUT2D eigenvalue weighted by Crippen LogP contribution is 2.61. The van der Waals surface area contributed by atoms with Gasteiger partial charge in [0.15, 0.2) is 0 Å². The van der Waals surface area contributed by atoms with Gasteiger partial charge in [-0.05, 0) is 48.7 Å². The fourth-order valence-electron chi connectivity index (χ4n) is 3.33. The number of hydrogen-bond donors (Lipinski definition) is 0. The molecule has 0 saturated heterocycles. The Labute approximate surface area is 138 Å². The lowest BCUT2D eigenvalue weighted by Gasteiger charge is -2.08. The van der Waals surface area contributed by atoms with Crippen molar-refractivity contribution in [2.45, 2.75) is 34.1 Å². The Bertz CT molecular complexity index is 719. The molecular formula is C20H23NO2. The van der Waals surface area contributed by atoms with E-state index in [0.717, 1.165) is 23.1 Å². The molecule has 0 aromatic heterocycles. The first kappa shape index (κ1) is 17.0. The Morgan fingerprint density at radius 2 is 2.17 bits per heavy atom. The van der Waals surface area contributed by atoms with Gasteiger partial charge in [-0.15, -0.1) is 6.42 Å². The molecule has 0 N–H and O–H groups in total. The molecular weight excluding hydrogens is 286 g/mol. The third kappa shape index (κ3) is 3.37. The van der Waals surface area contributed by atoms with Crippen LogP contribution in [0.25, 0.3) is 5.57 Å². The summed E-state index contributed by atoms with van der Waals surface area (Å²) < 4.78 is 0. The SMILES string of the molecule is C#CC(CC1C(C=CC)C1(C)C)=C(C)c1cccc([N+](=O)[O-])c1. The molecule has 0 amide bonds. The van der Waals surface area contributed by atoms with E-state index < -0.39 is 0 Å². The topological polar surface area (TPSA) is 43.1 Å². The van der Waals surface area contributed by atoms with Gasteiger partial charge in [0.05, 0.1) is 4.92 Å². The minimum absolute atomic E-state index is 0.0942. The predicted molar refractivity (Wildman–Crippen MR) is 94.7 cm³/mol. The quantitative estimate of drug-likeness (QED) is 0.323. The Balaban J connectivity index is 2.29. The molecule has 3 nitrogen and oxygen atoms in total. The third-order valence-electron chi connectivity index (χ3n) is 5.08. The normalized spacial score (nSPS) is 23.3. The summed E-state index contributed by atoms with van der Waals surface area (Å²) in [6.07, 6.45) is 10.9. The van der Waals surface area contributed by atoms with Gasteiger partial charge in [0, 0.05) is 17.7 Å². The number of nitrogens with zero attached hydrogens (tertiary/aromatic N) is 1. The number of terminal acetylenes is 1. The van der Waals surface area contributed by atoms with Crippen molar-refractivity contribution in [1.29, 1.82) is 0 Å². The van der Waals surface area contributed by atoms with E-state index in [9.17, 15) is 10.1 Å². The van der Waals surface area contributed by atoms with Crippen molar-refractivity contribution >= 4 is 11.3 Å². The van der Waals surface area contributed by atoms with E-state index >= 15 is 0 Å². The molecule has 2 unspecified atom stereocenters. The lowest BCUT2D eigenvalue weighted by atomic mass is 9.95. The molecule has 1 aliphatic carbocycles. The van der Waals surface area contributed by atoms with Crippen LogP contribution >= 0.6 is 0 Å². The van der Waals surface area contributed by atoms with E-state index in [1.54, 1.807) is 12.1 Å². The van der Waals surface area contributed by atoms with Gasteiger partial charge in [0.2, 0.25) is 0 Å². The van der Waals surface area contributed by atoms with Crippen molar-refractivity contribution in [3.8, 4) is 12.3 Å². The van der Waals surface area contributed by atoms with Crippen LogP contribution in [0, 0.1) is 39.7 Å². The van der Waals surface area contributed by atoms with E-state index in [2.05, 4.69) is 31.9 Å². The Morgan fingerprint density at radius 3 is 2.74 bits per heavy atom. The molecule has 0 radical (unpaired) electrons. The molecule has 0 spiro atoms. The number of hydrogen-bond acceptors (Lipinski definition) is 2. The van der Waals surface area contributed by atoms with Crippen LogP contribution in [-0.4, -0.2) is 4.92 Å². The van der Waals surface area contributed by atoms with Gasteiger partial charge >= 0.3 is 0 Å². The fourth-order valence-corrected chi connectivity index (χ4v) is 3.33. The average Bonchev–Trinajstić information content (AvgIpc) is 3.04. The van der Waals surface area contributed by atoms with Crippen LogP contribution in [0.5, 0.6) is 0 Å². The molecule has 2 rings (SSSR count). The number of benzene rings is 1. The molecule has 0 aliphatic heterocycles. The van der Waals surface area contributed by atoms with E-state index in [4.69, 9.17) is 6.42 Å². The van der Waals surface area contributed by atoms with Crippen LogP contribution in [0.4, 0.5) is 5.69 Å². The molecule has 1 aromatic carbocycles. The van der Waals surface area contributed by atoms with Crippen LogP contribution in [-0.2, 0) is 0 Å². The highest BCUT2D eigenvalue weighted by Gasteiger charge is 2.55. The monoisotopic (exact) mass is 309 g/mol. The van der Waals surface area contributed by atoms with Gasteiger partial charge in [-0.25, -0.2) is 0 Å². The van der Waals surface area contributed by atoms with Gasteiger partial charge in [0.1, 0.15) is 0 Å². The number of allylic oxidation sites excluding steroid dienone is 4. The summed E-state index contributed by atoms with van der Waals surface area (Å²) in [7, 11) is 0. The molecule has 1 aromatic rings. The number of rotatable bonds is 5. The van der Waals surface area contributed by atoms with E-state index in [1.165, 1.54) is 6.07 Å². The summed E-state index contributed by atoms with van der Waals surface area (Å²) in [5.41, 5.74) is 3.08. The van der Waals surface area contributed by atoms with Gasteiger partial charge in [-0.3, -0.25) is 10.1 Å². The maximum Gasteiger partial charge on any atom is 0.270 e. The Kier molecular flexibility index (Phi) is 4.75. The van der Waals surface area contributed by atoms with Crippen LogP contribution in [0.1, 0.15) is 39.7 Å². The Morgan fingerprint density at radius 1 is 1.48 bits per heavy atom. The van der Waals surface area contributed by atoms with Gasteiger partial charge in [0.25, 0.3) is 5.69 Å². The largest absolute Gasteiger partial charge is 0.270 e. The molecule has 1 saturated carbocycles. The maximum atomic E-state index is 10.9. The van der Waals surface area contributed by atoms with Crippen LogP contribution in [0.15, 0.2) is 42.0 Å². The second-order valence-electron chi connectivity index (χ2n) is 6.74. The van der Waals surface area contributed by atoms with Crippen LogP contribution in [0.2, 0.25) is 0 Å². The van der Waals surface area contributed by atoms with Gasteiger partial charge in [-0.1, -0.05) is 44.1 Å². The number of non-ortho nitro benzene ring substituents is 1. The second-order valence-corrected chi connectivity index (χ2v) is 6.74. The highest BCUT2D eigenvalue weighted by atomic mass is 16.6. The number of nitro benzene ring substituents is 1. The predicted octanol–water partition coefficient (Wildman–Crippen LogP) is 5.24. The molecule has 23 heavy (non-hydrogen) atoms. The molecule has 0 bridgehead atoms. The van der Waals surface area contributed by atoms with E-state index in [1.807, 2.05) is 19.9 Å². The van der Waals surface area contributed by atoms with E-state index in [0.29, 0.717) is 11.8 Å². The van der Waals surface area contributed by atoms with Crippen molar-refractivity contribution in [3.63, 3.8) is 0 Å². The molecule has 0 heterocycles. The standard InChI is InChI=1S/C20H23NO2/c1-6-9-18-19(20(18,4)5)13-15(7-2)14(3)16-10-8-11-17(12-16)21(22)23/h2,6,8-12,18-19H,13H2,1,3-5H3. The van der Waals surface area contributed by atoms with Crippen molar-refractivity contribution < 1.29 is 4.92 Å². The molecule has 1 fully saturated rings. The summed E-state index contributed by atoms with van der Waals surface area (Å²) >= 11 is 0. The fraction of sp³-hybridized carbons (Fsp3) is 0.400. The summed E-state index contributed by atoms with van der Waals surface area (Å²) in [5, 5.41) is 10.9. The van der Waals surface area contributed by atoms with Gasteiger partial charge < -0.3 is 0 Å². The highest BCUT2D eigenvalue weighted by molar-refractivity contribution is 5.72. The summed E-state index contributed by atoms with van der Waals surface area (Å²) in [5.74, 6) is 3.88. The molecule has 3 heteroatoms. The van der Waals surface area contributed by atoms with Crippen molar-refractivity contribution in [2.24, 2.45) is 17.3 Å². The third-order valence-corrected chi connectivity index (χ3v) is 5.08. The lowest BCUT2D eigenvalue weighted by molar-refractivity contribution is -0.384. The maximum absolute atomic E-state index is 10.9. The van der Waals surface area contributed by atoms with Crippen molar-refractivity contribution in [3.05, 3.63) is 57.7 Å². The van der Waals surface area contributed by atoms with Crippen molar-refractivity contribution in [1.82, 2.24) is 0 Å².